The van der Waals surface area contributed by atoms with E-state index in [0.717, 1.165) is 6.42 Å². The molecule has 0 aromatic rings. The molecule has 0 saturated heterocycles. The smallest absolute Gasteiger partial charge is 0.410 e. The van der Waals surface area contributed by atoms with Gasteiger partial charge in [0.25, 0.3) is 0 Å². The summed E-state index contributed by atoms with van der Waals surface area (Å²) in [5, 5.41) is 11.6. The number of carboxylic acid groups (broad SMARTS) is 1. The lowest BCUT2D eigenvalue weighted by Crippen LogP contribution is -2.49. The van der Waals surface area contributed by atoms with Crippen LogP contribution in [0.3, 0.4) is 0 Å². The number of aliphatic carboxylic acids is 1. The molecule has 1 amide bonds. The second-order valence-corrected chi connectivity index (χ2v) is 6.54. The summed E-state index contributed by atoms with van der Waals surface area (Å²) in [6.07, 6.45) is -0.685. The van der Waals surface area contributed by atoms with Gasteiger partial charge in [0.2, 0.25) is 6.29 Å². The molecule has 0 unspecified atom stereocenters. The van der Waals surface area contributed by atoms with E-state index in [0.29, 0.717) is 6.42 Å². The summed E-state index contributed by atoms with van der Waals surface area (Å²) in [6.45, 7) is 10.4. The minimum absolute atomic E-state index is 0.216. The van der Waals surface area contributed by atoms with Gasteiger partial charge in [-0.25, -0.2) is 4.79 Å². The molecule has 0 aliphatic rings. The largest absolute Gasteiger partial charge is 0.481 e. The number of hydrogen-bond acceptors (Lipinski definition) is 5. The van der Waals surface area contributed by atoms with Crippen molar-refractivity contribution in [3.05, 3.63) is 0 Å². The molecule has 0 rings (SSSR count). The molecule has 23 heavy (non-hydrogen) atoms. The van der Waals surface area contributed by atoms with Gasteiger partial charge in [0, 0.05) is 6.92 Å². The van der Waals surface area contributed by atoms with Crippen molar-refractivity contribution in [2.24, 2.45) is 11.8 Å². The molecule has 0 aliphatic carbocycles. The molecule has 134 valence electrons. The van der Waals surface area contributed by atoms with Crippen molar-refractivity contribution >= 4 is 18.0 Å². The number of amides is 1. The molecule has 0 aromatic carbocycles. The van der Waals surface area contributed by atoms with Crippen LogP contribution in [0.15, 0.2) is 0 Å². The van der Waals surface area contributed by atoms with E-state index in [2.05, 4.69) is 5.32 Å². The minimum Gasteiger partial charge on any atom is -0.481 e. The van der Waals surface area contributed by atoms with E-state index in [1.807, 2.05) is 13.8 Å². The Kier molecular flexibility index (Phi) is 8.64. The Hall–Kier alpha value is -1.79. The van der Waals surface area contributed by atoms with Crippen molar-refractivity contribution in [3.63, 3.8) is 0 Å². The van der Waals surface area contributed by atoms with Crippen LogP contribution in [0.25, 0.3) is 0 Å². The molecule has 0 saturated carbocycles. The highest BCUT2D eigenvalue weighted by molar-refractivity contribution is 5.73. The Labute approximate surface area is 137 Å². The molecule has 0 fully saturated rings. The van der Waals surface area contributed by atoms with Gasteiger partial charge < -0.3 is 19.9 Å². The lowest BCUT2D eigenvalue weighted by Gasteiger charge is -2.31. The number of ether oxygens (including phenoxy) is 2. The Morgan fingerprint density at radius 2 is 1.70 bits per heavy atom. The fourth-order valence-electron chi connectivity index (χ4n) is 2.16. The Morgan fingerprint density at radius 3 is 2.13 bits per heavy atom. The highest BCUT2D eigenvalue weighted by Crippen LogP contribution is 2.23. The van der Waals surface area contributed by atoms with Crippen molar-refractivity contribution in [3.8, 4) is 0 Å². The van der Waals surface area contributed by atoms with Gasteiger partial charge in [-0.15, -0.1) is 0 Å². The highest BCUT2D eigenvalue weighted by atomic mass is 16.7. The first-order valence-electron chi connectivity index (χ1n) is 7.90. The first-order chi connectivity index (χ1) is 10.5. The monoisotopic (exact) mass is 331 g/mol. The molecular formula is C16H29NO6. The van der Waals surface area contributed by atoms with Gasteiger partial charge in [-0.1, -0.05) is 34.1 Å². The molecule has 0 bridgehead atoms. The van der Waals surface area contributed by atoms with Crippen LogP contribution in [0.1, 0.15) is 60.8 Å². The van der Waals surface area contributed by atoms with Gasteiger partial charge >= 0.3 is 18.0 Å². The Balaban J connectivity index is 4.70. The molecule has 7 nitrogen and oxygen atoms in total. The van der Waals surface area contributed by atoms with E-state index in [1.54, 1.807) is 20.8 Å². The normalized spacial score (nSPS) is 16.1. The van der Waals surface area contributed by atoms with Crippen LogP contribution in [0.2, 0.25) is 0 Å². The van der Waals surface area contributed by atoms with Crippen LogP contribution in [-0.4, -0.2) is 35.0 Å². The summed E-state index contributed by atoms with van der Waals surface area (Å²) in [7, 11) is 0. The van der Waals surface area contributed by atoms with Crippen LogP contribution in [-0.2, 0) is 19.1 Å². The summed E-state index contributed by atoms with van der Waals surface area (Å²) < 4.78 is 9.92. The van der Waals surface area contributed by atoms with Crippen molar-refractivity contribution < 1.29 is 29.0 Å². The number of carboxylic acids is 1. The maximum absolute atomic E-state index is 12.0. The predicted molar refractivity (Wildman–Crippen MR) is 84.7 cm³/mol. The van der Waals surface area contributed by atoms with E-state index < -0.39 is 29.9 Å². The van der Waals surface area contributed by atoms with E-state index >= 15 is 0 Å². The summed E-state index contributed by atoms with van der Waals surface area (Å²) in [4.78, 5) is 34.4. The third-order valence-corrected chi connectivity index (χ3v) is 3.47. The van der Waals surface area contributed by atoms with E-state index in [1.165, 1.54) is 6.92 Å². The molecule has 0 heterocycles. The Bertz CT molecular complexity index is 423. The maximum atomic E-state index is 12.0. The third-order valence-electron chi connectivity index (χ3n) is 3.47. The maximum Gasteiger partial charge on any atom is 0.410 e. The molecule has 0 radical (unpaired) electrons. The molecule has 3 atom stereocenters. The lowest BCUT2D eigenvalue weighted by atomic mass is 9.86. The first kappa shape index (κ1) is 21.2. The summed E-state index contributed by atoms with van der Waals surface area (Å²) >= 11 is 0. The average molecular weight is 331 g/mol. The number of carbonyl (C=O) groups is 3. The van der Waals surface area contributed by atoms with Crippen LogP contribution in [0, 0.1) is 11.8 Å². The zero-order chi connectivity index (χ0) is 18.2. The zero-order valence-corrected chi connectivity index (χ0v) is 14.8. The van der Waals surface area contributed by atoms with Gasteiger partial charge in [-0.05, 0) is 19.3 Å². The fraction of sp³-hybridized carbons (Fsp3) is 0.812. The molecule has 7 heteroatoms. The molecule has 0 aromatic heterocycles. The lowest BCUT2D eigenvalue weighted by molar-refractivity contribution is -0.168. The van der Waals surface area contributed by atoms with Crippen molar-refractivity contribution in [2.45, 2.75) is 72.6 Å². The standard InChI is InChI=1S/C16H29NO6/c1-7-11(4)8-16(6,9-13(18)19)17-15(21)23-12(5)22-14(20)10(2)3/h10-12H,7-9H2,1-6H3,(H,17,21)(H,18,19)/t11-,12-,16+/m1/s1. The fourth-order valence-corrected chi connectivity index (χ4v) is 2.16. The van der Waals surface area contributed by atoms with Crippen LogP contribution in [0.4, 0.5) is 4.79 Å². The number of carbonyl (C=O) groups excluding carboxylic acids is 2. The number of esters is 1. The molecule has 2 N–H and O–H groups in total. The SMILES string of the molecule is CC[C@@H](C)C[C@@](C)(CC(=O)O)NC(=O)O[C@H](C)OC(=O)C(C)C. The van der Waals surface area contributed by atoms with Crippen LogP contribution in [0.5, 0.6) is 0 Å². The molecule has 0 aliphatic heterocycles. The number of hydrogen-bond donors (Lipinski definition) is 2. The van der Waals surface area contributed by atoms with Crippen molar-refractivity contribution in [2.75, 3.05) is 0 Å². The topological polar surface area (TPSA) is 102 Å². The van der Waals surface area contributed by atoms with Gasteiger partial charge in [0.1, 0.15) is 0 Å². The van der Waals surface area contributed by atoms with E-state index in [9.17, 15) is 14.4 Å². The second-order valence-electron chi connectivity index (χ2n) is 6.54. The third kappa shape index (κ3) is 9.05. The highest BCUT2D eigenvalue weighted by Gasteiger charge is 2.32. The second kappa shape index (κ2) is 9.37. The van der Waals surface area contributed by atoms with Crippen LogP contribution >= 0.6 is 0 Å². The Morgan fingerprint density at radius 1 is 1.13 bits per heavy atom. The van der Waals surface area contributed by atoms with E-state index in [-0.39, 0.29) is 18.3 Å². The number of rotatable bonds is 9. The summed E-state index contributed by atoms with van der Waals surface area (Å²) in [6, 6.07) is 0. The van der Waals surface area contributed by atoms with Crippen molar-refractivity contribution in [1.82, 2.24) is 5.32 Å². The number of nitrogens with one attached hydrogen (secondary N) is 1. The quantitative estimate of drug-likeness (QED) is 0.497. The average Bonchev–Trinajstić information content (AvgIpc) is 2.35. The summed E-state index contributed by atoms with van der Waals surface area (Å²) in [5.74, 6) is -1.56. The van der Waals surface area contributed by atoms with Gasteiger partial charge in [-0.3, -0.25) is 9.59 Å². The first-order valence-corrected chi connectivity index (χ1v) is 7.90. The zero-order valence-electron chi connectivity index (χ0n) is 14.8. The van der Waals surface area contributed by atoms with Crippen molar-refractivity contribution in [1.29, 1.82) is 0 Å². The molecular weight excluding hydrogens is 302 g/mol. The minimum atomic E-state index is -1.04. The van der Waals surface area contributed by atoms with E-state index in [4.69, 9.17) is 14.6 Å². The van der Waals surface area contributed by atoms with Gasteiger partial charge in [0.05, 0.1) is 17.9 Å². The summed E-state index contributed by atoms with van der Waals surface area (Å²) in [5.41, 5.74) is -0.930. The molecule has 0 spiro atoms. The van der Waals surface area contributed by atoms with Crippen LogP contribution < -0.4 is 5.32 Å². The van der Waals surface area contributed by atoms with Gasteiger partial charge in [0.15, 0.2) is 0 Å². The number of alkyl carbamates (subject to hydrolysis) is 1. The van der Waals surface area contributed by atoms with Gasteiger partial charge in [-0.2, -0.15) is 0 Å². The predicted octanol–water partition coefficient (Wildman–Crippen LogP) is 2.93.